The van der Waals surface area contributed by atoms with Crippen molar-refractivity contribution in [3.63, 3.8) is 0 Å². The average molecular weight is 611 g/mol. The first kappa shape index (κ1) is 30.3. The smallest absolute Gasteiger partial charge is 0.340 e. The summed E-state index contributed by atoms with van der Waals surface area (Å²) >= 11 is 11.1. The lowest BCUT2D eigenvalue weighted by atomic mass is 10.1. The van der Waals surface area contributed by atoms with Crippen LogP contribution in [0.2, 0.25) is 0 Å². The molecule has 3 aromatic rings. The van der Waals surface area contributed by atoms with E-state index in [0.29, 0.717) is 6.54 Å². The molecule has 0 saturated heterocycles. The molecular weight excluding hydrogens is 580 g/mol. The van der Waals surface area contributed by atoms with E-state index in [1.165, 1.54) is 29.8 Å². The molecule has 0 aliphatic rings. The normalized spacial score (nSPS) is 11.5. The van der Waals surface area contributed by atoms with Crippen molar-refractivity contribution >= 4 is 58.3 Å². The minimum absolute atomic E-state index is 0. The number of halogens is 3. The van der Waals surface area contributed by atoms with Crippen molar-refractivity contribution in [2.24, 2.45) is 0 Å². The van der Waals surface area contributed by atoms with Crippen LogP contribution in [0.1, 0.15) is 26.7 Å². The number of alkyl halides is 2. The largest absolute Gasteiger partial charge is 1.00 e. The third kappa shape index (κ3) is 7.55. The van der Waals surface area contributed by atoms with Crippen LogP contribution in [0.3, 0.4) is 0 Å². The molecule has 0 atom stereocenters. The maximum atomic E-state index is 12.6. The number of hydrogen-bond acceptors (Lipinski definition) is 3. The fourth-order valence-electron chi connectivity index (χ4n) is 4.11. The molecule has 0 radical (unpaired) electrons. The van der Waals surface area contributed by atoms with Gasteiger partial charge in [-0.3, -0.25) is 4.79 Å². The Morgan fingerprint density at radius 3 is 1.61 bits per heavy atom. The fourth-order valence-corrected chi connectivity index (χ4v) is 8.61. The lowest BCUT2D eigenvalue weighted by molar-refractivity contribution is -0.163. The summed E-state index contributed by atoms with van der Waals surface area (Å²) in [6, 6.07) is 32.1. The summed E-state index contributed by atoms with van der Waals surface area (Å²) in [4.78, 5) is 22.9. The number of esters is 1. The molecule has 3 rings (SSSR count). The Morgan fingerprint density at radius 1 is 0.806 bits per heavy atom. The summed E-state index contributed by atoms with van der Waals surface area (Å²) in [7, 11) is -1.89. The van der Waals surface area contributed by atoms with Gasteiger partial charge in [0.05, 0.1) is 6.16 Å². The van der Waals surface area contributed by atoms with Gasteiger partial charge in [-0.15, -0.1) is 0 Å². The van der Waals surface area contributed by atoms with Crippen LogP contribution >= 0.6 is 30.5 Å². The summed E-state index contributed by atoms with van der Waals surface area (Å²) in [5.41, 5.74) is -1.35. The van der Waals surface area contributed by atoms with Gasteiger partial charge in [-0.05, 0) is 63.1 Å². The molecule has 0 bridgehead atoms. The molecule has 0 aliphatic carbocycles. The SMILES string of the molecule is CC(C)(OC(=O)C(Cl)Cl)C(=O)NCCCC[P+](c1ccccc1)(c1ccccc1)c1ccccc1.[Br-]. The topological polar surface area (TPSA) is 55.4 Å². The second-order valence-electron chi connectivity index (χ2n) is 8.74. The van der Waals surface area contributed by atoms with Gasteiger partial charge in [-0.2, -0.15) is 0 Å². The number of benzene rings is 3. The summed E-state index contributed by atoms with van der Waals surface area (Å²) in [5.74, 6) is -1.22. The van der Waals surface area contributed by atoms with Gasteiger partial charge in [0.25, 0.3) is 5.91 Å². The van der Waals surface area contributed by atoms with Gasteiger partial charge in [0, 0.05) is 6.54 Å². The monoisotopic (exact) mass is 609 g/mol. The molecule has 8 heteroatoms. The maximum absolute atomic E-state index is 12.6. The van der Waals surface area contributed by atoms with Gasteiger partial charge in [-0.25, -0.2) is 4.79 Å². The van der Waals surface area contributed by atoms with Crippen molar-refractivity contribution in [2.75, 3.05) is 12.7 Å². The minimum Gasteiger partial charge on any atom is -1.00 e. The lowest BCUT2D eigenvalue weighted by Gasteiger charge is -2.28. The number of carbonyl (C=O) groups is 2. The van der Waals surface area contributed by atoms with Gasteiger partial charge in [0.15, 0.2) is 5.60 Å². The molecule has 0 fully saturated rings. The Kier molecular flexibility index (Phi) is 11.9. The molecule has 3 aromatic carbocycles. The first-order valence-corrected chi connectivity index (χ1v) is 14.5. The van der Waals surface area contributed by atoms with E-state index in [1.807, 2.05) is 0 Å². The average Bonchev–Trinajstić information content (AvgIpc) is 2.87. The van der Waals surface area contributed by atoms with Crippen LogP contribution in [-0.2, 0) is 14.3 Å². The zero-order valence-corrected chi connectivity index (χ0v) is 24.4. The van der Waals surface area contributed by atoms with Crippen molar-refractivity contribution < 1.29 is 31.3 Å². The minimum atomic E-state index is -1.89. The van der Waals surface area contributed by atoms with Crippen LogP contribution in [0.5, 0.6) is 0 Å². The Balaban J connectivity index is 0.00000456. The summed E-state index contributed by atoms with van der Waals surface area (Å²) in [5, 5.41) is 6.90. The fraction of sp³-hybridized carbons (Fsp3) is 0.286. The molecule has 4 nitrogen and oxygen atoms in total. The first-order valence-electron chi connectivity index (χ1n) is 11.6. The van der Waals surface area contributed by atoms with Crippen molar-refractivity contribution in [1.29, 1.82) is 0 Å². The Morgan fingerprint density at radius 2 is 1.22 bits per heavy atom. The van der Waals surface area contributed by atoms with E-state index < -0.39 is 23.7 Å². The molecular formula is C28H31BrCl2NO3P. The molecule has 36 heavy (non-hydrogen) atoms. The van der Waals surface area contributed by atoms with Crippen LogP contribution in [0, 0.1) is 0 Å². The molecule has 0 saturated carbocycles. The molecule has 0 aliphatic heterocycles. The number of hydrogen-bond donors (Lipinski definition) is 1. The lowest BCUT2D eigenvalue weighted by Crippen LogP contribution is -3.00. The third-order valence-electron chi connectivity index (χ3n) is 5.88. The van der Waals surface area contributed by atoms with Crippen molar-refractivity contribution in [3.05, 3.63) is 91.0 Å². The van der Waals surface area contributed by atoms with Crippen LogP contribution < -0.4 is 38.2 Å². The van der Waals surface area contributed by atoms with Crippen LogP contribution in [0.25, 0.3) is 0 Å². The highest BCUT2D eigenvalue weighted by Crippen LogP contribution is 2.55. The van der Waals surface area contributed by atoms with E-state index in [-0.39, 0.29) is 22.9 Å². The van der Waals surface area contributed by atoms with Gasteiger partial charge < -0.3 is 27.0 Å². The number of amides is 1. The molecule has 192 valence electrons. The van der Waals surface area contributed by atoms with Gasteiger partial charge in [0.2, 0.25) is 4.84 Å². The summed E-state index contributed by atoms with van der Waals surface area (Å²) in [6.45, 7) is 3.52. The summed E-state index contributed by atoms with van der Waals surface area (Å²) < 4.78 is 5.14. The second-order valence-corrected chi connectivity index (χ2v) is 13.4. The van der Waals surface area contributed by atoms with E-state index >= 15 is 0 Å². The molecule has 0 spiro atoms. The van der Waals surface area contributed by atoms with Crippen LogP contribution in [-0.4, -0.2) is 35.0 Å². The van der Waals surface area contributed by atoms with E-state index in [0.717, 1.165) is 19.0 Å². The molecule has 1 N–H and O–H groups in total. The predicted molar refractivity (Wildman–Crippen MR) is 148 cm³/mol. The van der Waals surface area contributed by atoms with E-state index in [1.54, 1.807) is 0 Å². The van der Waals surface area contributed by atoms with Gasteiger partial charge in [-0.1, -0.05) is 77.8 Å². The van der Waals surface area contributed by atoms with Crippen molar-refractivity contribution in [3.8, 4) is 0 Å². The molecule has 1 amide bonds. The highest BCUT2D eigenvalue weighted by Gasteiger charge is 2.44. The Bertz CT molecular complexity index is 1000. The molecule has 0 aromatic heterocycles. The van der Waals surface area contributed by atoms with Crippen LogP contribution in [0.15, 0.2) is 91.0 Å². The van der Waals surface area contributed by atoms with Crippen LogP contribution in [0.4, 0.5) is 0 Å². The zero-order chi connectivity index (χ0) is 25.3. The highest BCUT2D eigenvalue weighted by atomic mass is 79.9. The first-order chi connectivity index (χ1) is 16.8. The predicted octanol–water partition coefficient (Wildman–Crippen LogP) is 2.01. The molecule has 0 unspecified atom stereocenters. The van der Waals surface area contributed by atoms with E-state index in [9.17, 15) is 9.59 Å². The number of rotatable bonds is 11. The zero-order valence-electron chi connectivity index (χ0n) is 20.4. The Hall–Kier alpha value is -1.91. The van der Waals surface area contributed by atoms with Gasteiger partial charge in [0.1, 0.15) is 23.2 Å². The highest BCUT2D eigenvalue weighted by molar-refractivity contribution is 7.95. The Labute approximate surface area is 234 Å². The third-order valence-corrected chi connectivity index (χ3v) is 10.8. The van der Waals surface area contributed by atoms with Gasteiger partial charge >= 0.3 is 5.97 Å². The van der Waals surface area contributed by atoms with E-state index in [2.05, 4.69) is 96.3 Å². The van der Waals surface area contributed by atoms with Crippen molar-refractivity contribution in [1.82, 2.24) is 5.32 Å². The number of unbranched alkanes of at least 4 members (excludes halogenated alkanes) is 1. The molecule has 0 heterocycles. The van der Waals surface area contributed by atoms with E-state index in [4.69, 9.17) is 27.9 Å². The number of nitrogens with one attached hydrogen (secondary N) is 1. The second kappa shape index (κ2) is 14.1. The quantitative estimate of drug-likeness (QED) is 0.156. The standard InChI is InChI=1S/C28H30Cl2NO3P.BrH/c1-28(2,34-26(32)25(29)30)27(33)31-20-12-13-21-35(22-14-6-3-7-15-22,23-16-8-4-9-17-23)24-18-10-5-11-19-24;/h3-11,14-19,25H,12-13,20-21H2,1-2H3;1H. The summed E-state index contributed by atoms with van der Waals surface area (Å²) in [6.07, 6.45) is 2.68. The maximum Gasteiger partial charge on any atom is 0.340 e. The number of ether oxygens (including phenoxy) is 1. The number of carbonyl (C=O) groups excluding carboxylic acids is 2. The van der Waals surface area contributed by atoms with Crippen molar-refractivity contribution in [2.45, 2.75) is 37.1 Å².